The van der Waals surface area contributed by atoms with E-state index in [4.69, 9.17) is 4.74 Å². The van der Waals surface area contributed by atoms with E-state index in [9.17, 15) is 13.2 Å². The summed E-state index contributed by atoms with van der Waals surface area (Å²) in [6.07, 6.45) is 3.35. The summed E-state index contributed by atoms with van der Waals surface area (Å²) in [6, 6.07) is 18.8. The van der Waals surface area contributed by atoms with Gasteiger partial charge in [-0.1, -0.05) is 18.2 Å². The molecule has 0 aliphatic heterocycles. The van der Waals surface area contributed by atoms with Gasteiger partial charge in [0.05, 0.1) is 28.8 Å². The Hall–Kier alpha value is -3.78. The number of rotatable bonds is 7. The average molecular weight is 449 g/mol. The number of hydrogen-bond acceptors (Lipinski definition) is 7. The molecule has 0 saturated carbocycles. The zero-order valence-corrected chi connectivity index (χ0v) is 18.1. The summed E-state index contributed by atoms with van der Waals surface area (Å²) in [6.45, 7) is 0. The van der Waals surface area contributed by atoms with Crippen molar-refractivity contribution in [3.8, 4) is 11.6 Å². The van der Waals surface area contributed by atoms with Crippen LogP contribution in [0.5, 0.6) is 11.6 Å². The zero-order valence-electron chi connectivity index (χ0n) is 17.3. The van der Waals surface area contributed by atoms with Crippen LogP contribution in [0.15, 0.2) is 84.0 Å². The highest BCUT2D eigenvalue weighted by Gasteiger charge is 2.16. The summed E-state index contributed by atoms with van der Waals surface area (Å²) in [7, 11) is -2.21. The number of pyridine rings is 2. The molecule has 7 nitrogen and oxygen atoms in total. The molecule has 32 heavy (non-hydrogen) atoms. The number of esters is 1. The normalized spacial score (nSPS) is 11.3. The predicted molar refractivity (Wildman–Crippen MR) is 120 cm³/mol. The van der Waals surface area contributed by atoms with E-state index in [1.807, 2.05) is 30.3 Å². The van der Waals surface area contributed by atoms with Crippen molar-refractivity contribution >= 4 is 26.7 Å². The van der Waals surface area contributed by atoms with Crippen molar-refractivity contribution in [2.45, 2.75) is 11.3 Å². The number of carbonyl (C=O) groups excluding carboxylic acids is 1. The lowest BCUT2D eigenvalue weighted by Crippen LogP contribution is -2.10. The van der Waals surface area contributed by atoms with Crippen LogP contribution in [0.4, 0.5) is 0 Å². The van der Waals surface area contributed by atoms with Crippen molar-refractivity contribution < 1.29 is 22.7 Å². The van der Waals surface area contributed by atoms with Gasteiger partial charge in [0, 0.05) is 23.8 Å². The molecule has 0 aliphatic rings. The Morgan fingerprint density at radius 1 is 0.938 bits per heavy atom. The van der Waals surface area contributed by atoms with Crippen LogP contribution in [0, 0.1) is 0 Å². The Morgan fingerprint density at radius 2 is 1.72 bits per heavy atom. The number of fused-ring (bicyclic) bond motifs is 1. The van der Waals surface area contributed by atoms with E-state index >= 15 is 0 Å². The van der Waals surface area contributed by atoms with Crippen LogP contribution >= 0.6 is 0 Å². The lowest BCUT2D eigenvalue weighted by molar-refractivity contribution is 0.0600. The van der Waals surface area contributed by atoms with Gasteiger partial charge in [0.25, 0.3) is 0 Å². The molecule has 0 aliphatic carbocycles. The quantitative estimate of drug-likeness (QED) is 0.391. The van der Waals surface area contributed by atoms with Crippen molar-refractivity contribution in [2.75, 3.05) is 12.9 Å². The van der Waals surface area contributed by atoms with Gasteiger partial charge in [-0.3, -0.25) is 4.98 Å². The molecular formula is C24H20N2O5S. The van der Waals surface area contributed by atoms with E-state index in [0.717, 1.165) is 16.5 Å². The predicted octanol–water partition coefficient (Wildman–Crippen LogP) is 4.23. The van der Waals surface area contributed by atoms with Crippen LogP contribution in [0.2, 0.25) is 0 Å². The van der Waals surface area contributed by atoms with E-state index in [1.165, 1.54) is 25.4 Å². The molecule has 0 atom stereocenters. The number of benzene rings is 2. The highest BCUT2D eigenvalue weighted by Crippen LogP contribution is 2.23. The first-order valence-corrected chi connectivity index (χ1v) is 11.5. The van der Waals surface area contributed by atoms with Gasteiger partial charge < -0.3 is 9.47 Å². The number of methoxy groups -OCH3 is 1. The molecule has 0 bridgehead atoms. The molecule has 2 heterocycles. The van der Waals surface area contributed by atoms with E-state index in [0.29, 0.717) is 17.7 Å². The number of carbonyl (C=O) groups is 1. The molecule has 162 valence electrons. The van der Waals surface area contributed by atoms with E-state index in [-0.39, 0.29) is 16.5 Å². The van der Waals surface area contributed by atoms with Crippen molar-refractivity contribution in [3.63, 3.8) is 0 Å². The number of para-hydroxylation sites is 1. The zero-order chi connectivity index (χ0) is 22.6. The fraction of sp³-hybridized carbons (Fsp3) is 0.125. The first kappa shape index (κ1) is 21.5. The molecular weight excluding hydrogens is 428 g/mol. The van der Waals surface area contributed by atoms with Crippen LogP contribution in [0.25, 0.3) is 10.9 Å². The summed E-state index contributed by atoms with van der Waals surface area (Å²) in [4.78, 5) is 20.0. The minimum atomic E-state index is -3.52. The number of aromatic nitrogens is 2. The summed E-state index contributed by atoms with van der Waals surface area (Å²) in [5.41, 5.74) is 2.17. The Balaban J connectivity index is 1.44. The molecule has 0 amide bonds. The number of ether oxygens (including phenoxy) is 2. The molecule has 4 rings (SSSR count). The van der Waals surface area contributed by atoms with Crippen molar-refractivity contribution in [2.24, 2.45) is 0 Å². The van der Waals surface area contributed by atoms with Crippen molar-refractivity contribution in [1.82, 2.24) is 9.97 Å². The Morgan fingerprint density at radius 3 is 2.44 bits per heavy atom. The van der Waals surface area contributed by atoms with E-state index in [2.05, 4.69) is 14.7 Å². The Labute approximate surface area is 185 Å². The highest BCUT2D eigenvalue weighted by molar-refractivity contribution is 7.91. The van der Waals surface area contributed by atoms with Gasteiger partial charge in [-0.2, -0.15) is 0 Å². The van der Waals surface area contributed by atoms with Crippen LogP contribution in [-0.4, -0.2) is 37.2 Å². The topological polar surface area (TPSA) is 95.5 Å². The lowest BCUT2D eigenvalue weighted by Gasteiger charge is -2.09. The Kier molecular flexibility index (Phi) is 6.13. The monoisotopic (exact) mass is 448 g/mol. The molecule has 2 aromatic heterocycles. The minimum absolute atomic E-state index is 0.0438. The molecule has 8 heteroatoms. The molecule has 4 aromatic rings. The van der Waals surface area contributed by atoms with Gasteiger partial charge in [-0.05, 0) is 54.4 Å². The van der Waals surface area contributed by atoms with Gasteiger partial charge >= 0.3 is 5.97 Å². The van der Waals surface area contributed by atoms with Gasteiger partial charge in [0.2, 0.25) is 5.88 Å². The van der Waals surface area contributed by atoms with Crippen molar-refractivity contribution in [3.05, 3.63) is 90.3 Å². The number of hydrogen-bond donors (Lipinski definition) is 0. The second-order valence-electron chi connectivity index (χ2n) is 7.01. The molecule has 0 radical (unpaired) electrons. The first-order valence-electron chi connectivity index (χ1n) is 9.84. The first-order chi connectivity index (χ1) is 15.5. The second-order valence-corrected chi connectivity index (χ2v) is 9.12. The average Bonchev–Trinajstić information content (AvgIpc) is 2.83. The largest absolute Gasteiger partial charge is 0.465 e. The standard InChI is InChI=1S/C24H20N2O5S/c1-30-24(27)18-6-8-19(9-7-18)31-23-11-10-20(16-26-23)32(28,29)15-13-17-12-14-25-22-5-3-2-4-21(17)22/h2-12,14,16H,13,15H2,1H3. The maximum absolute atomic E-state index is 12.8. The van der Waals surface area contributed by atoms with Gasteiger partial charge in [-0.25, -0.2) is 18.2 Å². The van der Waals surface area contributed by atoms with Crippen LogP contribution in [0.1, 0.15) is 15.9 Å². The third kappa shape index (κ3) is 4.76. The summed E-state index contributed by atoms with van der Waals surface area (Å²) in [5.74, 6) is 0.224. The van der Waals surface area contributed by atoms with Crippen LogP contribution < -0.4 is 4.74 Å². The summed E-state index contributed by atoms with van der Waals surface area (Å²) in [5, 5.41) is 0.949. The summed E-state index contributed by atoms with van der Waals surface area (Å²) < 4.78 is 35.9. The van der Waals surface area contributed by atoms with E-state index < -0.39 is 15.8 Å². The van der Waals surface area contributed by atoms with E-state index in [1.54, 1.807) is 30.5 Å². The van der Waals surface area contributed by atoms with Gasteiger partial charge in [-0.15, -0.1) is 0 Å². The molecule has 0 fully saturated rings. The summed E-state index contributed by atoms with van der Waals surface area (Å²) >= 11 is 0. The lowest BCUT2D eigenvalue weighted by atomic mass is 10.1. The smallest absolute Gasteiger partial charge is 0.337 e. The third-order valence-electron chi connectivity index (χ3n) is 4.95. The van der Waals surface area contributed by atoms with Gasteiger partial charge in [0.1, 0.15) is 5.75 Å². The SMILES string of the molecule is COC(=O)c1ccc(Oc2ccc(S(=O)(=O)CCc3ccnc4ccccc34)cn2)cc1. The highest BCUT2D eigenvalue weighted by atomic mass is 32.2. The minimum Gasteiger partial charge on any atom is -0.465 e. The maximum Gasteiger partial charge on any atom is 0.337 e. The third-order valence-corrected chi connectivity index (χ3v) is 6.65. The van der Waals surface area contributed by atoms with Crippen LogP contribution in [-0.2, 0) is 21.0 Å². The molecule has 0 saturated heterocycles. The molecule has 0 unspecified atom stereocenters. The second kappa shape index (κ2) is 9.15. The molecule has 2 aromatic carbocycles. The fourth-order valence-electron chi connectivity index (χ4n) is 3.24. The van der Waals surface area contributed by atoms with Crippen LogP contribution in [0.3, 0.4) is 0 Å². The Bertz CT molecular complexity index is 1350. The van der Waals surface area contributed by atoms with Crippen molar-refractivity contribution in [1.29, 1.82) is 0 Å². The number of nitrogens with zero attached hydrogens (tertiary/aromatic N) is 2. The molecule has 0 N–H and O–H groups in total. The fourth-order valence-corrected chi connectivity index (χ4v) is 4.46. The number of aryl methyl sites for hydroxylation is 1. The van der Waals surface area contributed by atoms with Gasteiger partial charge in [0.15, 0.2) is 9.84 Å². The number of sulfone groups is 1. The molecule has 0 spiro atoms. The maximum atomic E-state index is 12.8.